The third-order valence-corrected chi connectivity index (χ3v) is 8.40. The maximum absolute atomic E-state index is 12.3. The molecule has 2 atom stereocenters. The van der Waals surface area contributed by atoms with Crippen molar-refractivity contribution in [1.29, 1.82) is 0 Å². The molecule has 0 bridgehead atoms. The van der Waals surface area contributed by atoms with Gasteiger partial charge in [-0.3, -0.25) is 25.5 Å². The van der Waals surface area contributed by atoms with Crippen LogP contribution in [0.2, 0.25) is 0 Å². The molecule has 0 saturated carbocycles. The van der Waals surface area contributed by atoms with E-state index in [1.165, 1.54) is 9.03 Å². The molecule has 4 aromatic rings. The van der Waals surface area contributed by atoms with Crippen LogP contribution in [0.5, 0.6) is 0 Å². The number of aromatic nitrogens is 6. The highest BCUT2D eigenvalue weighted by Crippen LogP contribution is 2.29. The van der Waals surface area contributed by atoms with Crippen LogP contribution in [0.3, 0.4) is 0 Å². The predicted octanol–water partition coefficient (Wildman–Crippen LogP) is 4.41. The molecule has 24 heteroatoms. The monoisotopic (exact) mass is 826 g/mol. The fourth-order valence-electron chi connectivity index (χ4n) is 6.10. The van der Waals surface area contributed by atoms with E-state index in [4.69, 9.17) is 19.9 Å². The Morgan fingerprint density at radius 3 is 1.54 bits per heavy atom. The first-order valence-corrected chi connectivity index (χ1v) is 18.7. The fraction of sp³-hybridized carbons (Fsp3) is 0.571. The summed E-state index contributed by atoms with van der Waals surface area (Å²) in [6, 6.07) is 2.87. The number of nitro groups is 2. The quantitative estimate of drug-likeness (QED) is 0.114. The summed E-state index contributed by atoms with van der Waals surface area (Å²) in [6.45, 7) is 18.0. The minimum atomic E-state index is -0.731. The smallest absolute Gasteiger partial charge is 0.413 e. The third kappa shape index (κ3) is 11.4. The van der Waals surface area contributed by atoms with E-state index in [1.54, 1.807) is 74.4 Å². The van der Waals surface area contributed by atoms with Gasteiger partial charge in [-0.2, -0.15) is 19.2 Å². The Bertz CT molecular complexity index is 2240. The summed E-state index contributed by atoms with van der Waals surface area (Å²) in [5, 5.41) is 38.7. The average Bonchev–Trinajstić information content (AvgIpc) is 3.88. The van der Waals surface area contributed by atoms with E-state index in [2.05, 4.69) is 36.1 Å². The van der Waals surface area contributed by atoms with Crippen LogP contribution in [0.1, 0.15) is 75.2 Å². The molecule has 24 nitrogen and oxygen atoms in total. The zero-order valence-electron chi connectivity index (χ0n) is 34.3. The lowest BCUT2D eigenvalue weighted by atomic mass is 10.2. The number of nitrogen functional groups attached to an aromatic ring is 1. The number of amides is 3. The van der Waals surface area contributed by atoms with Gasteiger partial charge in [-0.25, -0.2) is 24.4 Å². The summed E-state index contributed by atoms with van der Waals surface area (Å²) in [4.78, 5) is 70.2. The number of hydrogen-bond donors (Lipinski definition) is 4. The van der Waals surface area contributed by atoms with Crippen molar-refractivity contribution < 1.29 is 38.4 Å². The van der Waals surface area contributed by atoms with Crippen LogP contribution in [0, 0.1) is 20.2 Å². The van der Waals surface area contributed by atoms with Gasteiger partial charge in [0.1, 0.15) is 52.5 Å². The summed E-state index contributed by atoms with van der Waals surface area (Å²) in [5.41, 5.74) is 3.60. The molecule has 2 saturated heterocycles. The lowest BCUT2D eigenvalue weighted by Gasteiger charge is -2.23. The Morgan fingerprint density at radius 1 is 0.695 bits per heavy atom. The molecular weight excluding hydrogens is 776 g/mol. The molecule has 2 aliphatic rings. The second-order valence-electron chi connectivity index (χ2n) is 16.9. The Balaban J connectivity index is 0.000000230. The topological polar surface area (TPSA) is 294 Å². The predicted molar refractivity (Wildman–Crippen MR) is 214 cm³/mol. The molecule has 3 amide bonds. The number of fused-ring (bicyclic) bond motifs is 2. The molecule has 2 fully saturated rings. The number of nitrogens with two attached hydrogens (primary N) is 1. The van der Waals surface area contributed by atoms with Crippen LogP contribution in [-0.4, -0.2) is 112 Å². The standard InChI is InChI=1S/C20H29N7O6.C15H21N7O4/c1-19(2,3)32-17(28)22-12-7-8-25(11-12)14-9-15(24-18(29)33-20(4,5)6)26-16(23-14)13(10-21-26)27(30)31;1-15(2,3)26-14(23)18-9-4-5-20(8-9)12-6-11(16)21-13(19-12)10(7-17-21)22(24)25/h9-10,12H,7-8,11H2,1-6H3,(H,22,28)(H,24,29);6-7,9H,4-5,8,16H2,1-3H3,(H,18,23)/t12-;9-/m00/s1. The Labute approximate surface area is 338 Å². The molecular formula is C35H50N14O10. The molecule has 320 valence electrons. The van der Waals surface area contributed by atoms with Gasteiger partial charge in [0, 0.05) is 38.3 Å². The van der Waals surface area contributed by atoms with Gasteiger partial charge in [0.25, 0.3) is 0 Å². The Hall–Kier alpha value is -6.75. The van der Waals surface area contributed by atoms with Gasteiger partial charge in [0.15, 0.2) is 0 Å². The summed E-state index contributed by atoms with van der Waals surface area (Å²) in [6.07, 6.45) is 1.80. The number of hydrogen-bond acceptors (Lipinski definition) is 17. The van der Waals surface area contributed by atoms with Crippen LogP contribution < -0.4 is 31.5 Å². The highest BCUT2D eigenvalue weighted by atomic mass is 16.6. The lowest BCUT2D eigenvalue weighted by molar-refractivity contribution is -0.383. The number of ether oxygens (including phenoxy) is 3. The fourth-order valence-corrected chi connectivity index (χ4v) is 6.10. The van der Waals surface area contributed by atoms with Gasteiger partial charge in [-0.15, -0.1) is 0 Å². The highest BCUT2D eigenvalue weighted by Gasteiger charge is 2.31. The number of rotatable bonds is 7. The van der Waals surface area contributed by atoms with Crippen molar-refractivity contribution in [3.05, 3.63) is 44.8 Å². The van der Waals surface area contributed by atoms with E-state index < -0.39 is 44.9 Å². The van der Waals surface area contributed by atoms with Crippen molar-refractivity contribution in [2.75, 3.05) is 47.0 Å². The van der Waals surface area contributed by atoms with Crippen molar-refractivity contribution in [3.63, 3.8) is 0 Å². The van der Waals surface area contributed by atoms with E-state index in [9.17, 15) is 34.6 Å². The van der Waals surface area contributed by atoms with Crippen molar-refractivity contribution in [3.8, 4) is 0 Å². The molecule has 5 N–H and O–H groups in total. The maximum Gasteiger partial charge on any atom is 0.413 e. The van der Waals surface area contributed by atoms with Crippen molar-refractivity contribution >= 4 is 64.2 Å². The molecule has 0 unspecified atom stereocenters. The molecule has 0 spiro atoms. The summed E-state index contributed by atoms with van der Waals surface area (Å²) >= 11 is 0. The number of nitrogens with one attached hydrogen (secondary N) is 3. The molecule has 6 rings (SSSR count). The average molecular weight is 827 g/mol. The van der Waals surface area contributed by atoms with Crippen molar-refractivity contribution in [2.45, 2.75) is 104 Å². The Kier molecular flexibility index (Phi) is 12.2. The third-order valence-electron chi connectivity index (χ3n) is 8.40. The summed E-state index contributed by atoms with van der Waals surface area (Å²) in [7, 11) is 0. The maximum atomic E-state index is 12.3. The number of carbonyl (C=O) groups is 3. The second kappa shape index (κ2) is 16.6. The second-order valence-corrected chi connectivity index (χ2v) is 16.9. The minimum Gasteiger partial charge on any atom is -0.444 e. The van der Waals surface area contributed by atoms with Crippen LogP contribution in [0.15, 0.2) is 24.5 Å². The minimum absolute atomic E-state index is 0.0212. The molecule has 2 aliphatic heterocycles. The van der Waals surface area contributed by atoms with Crippen LogP contribution in [0.25, 0.3) is 11.3 Å². The van der Waals surface area contributed by atoms with Crippen LogP contribution in [-0.2, 0) is 14.2 Å². The van der Waals surface area contributed by atoms with Gasteiger partial charge in [0.05, 0.1) is 21.9 Å². The number of nitrogens with zero attached hydrogens (tertiary/aromatic N) is 10. The summed E-state index contributed by atoms with van der Waals surface area (Å²) < 4.78 is 18.3. The zero-order chi connectivity index (χ0) is 43.6. The molecule has 0 aromatic carbocycles. The molecule has 0 radical (unpaired) electrons. The zero-order valence-corrected chi connectivity index (χ0v) is 34.3. The van der Waals surface area contributed by atoms with Crippen molar-refractivity contribution in [1.82, 2.24) is 39.8 Å². The summed E-state index contributed by atoms with van der Waals surface area (Å²) in [5.74, 6) is 1.32. The van der Waals surface area contributed by atoms with E-state index in [0.717, 1.165) is 12.4 Å². The van der Waals surface area contributed by atoms with E-state index in [0.29, 0.717) is 50.7 Å². The van der Waals surface area contributed by atoms with Gasteiger partial charge in [-0.05, 0) is 75.2 Å². The van der Waals surface area contributed by atoms with E-state index in [-0.39, 0.29) is 46.4 Å². The first-order chi connectivity index (χ1) is 27.4. The largest absolute Gasteiger partial charge is 0.444 e. The Morgan fingerprint density at radius 2 is 1.10 bits per heavy atom. The number of carbonyl (C=O) groups excluding carboxylic acids is 3. The molecule has 59 heavy (non-hydrogen) atoms. The van der Waals surface area contributed by atoms with E-state index in [1.807, 2.05) is 9.80 Å². The van der Waals surface area contributed by atoms with Gasteiger partial charge in [0.2, 0.25) is 11.3 Å². The van der Waals surface area contributed by atoms with Gasteiger partial charge >= 0.3 is 29.7 Å². The van der Waals surface area contributed by atoms with Crippen LogP contribution >= 0.6 is 0 Å². The number of anilines is 4. The first kappa shape index (κ1) is 43.4. The van der Waals surface area contributed by atoms with Gasteiger partial charge < -0.3 is 40.4 Å². The lowest BCUT2D eigenvalue weighted by Crippen LogP contribution is -2.40. The molecule has 0 aliphatic carbocycles. The van der Waals surface area contributed by atoms with Crippen LogP contribution in [0.4, 0.5) is 49.0 Å². The van der Waals surface area contributed by atoms with E-state index >= 15 is 0 Å². The van der Waals surface area contributed by atoms with Crippen molar-refractivity contribution in [2.24, 2.45) is 0 Å². The molecule has 4 aromatic heterocycles. The first-order valence-electron chi connectivity index (χ1n) is 18.7. The number of alkyl carbamates (subject to hydrolysis) is 2. The normalized spacial score (nSPS) is 17.0. The van der Waals surface area contributed by atoms with Gasteiger partial charge in [-0.1, -0.05) is 0 Å². The highest BCUT2D eigenvalue weighted by molar-refractivity contribution is 5.85. The molecule has 6 heterocycles. The SMILES string of the molecule is CC(C)(C)OC(=O)N[C@H]1CCN(c2cc(N)n3ncc([N+](=O)[O-])c3n2)C1.CC(C)(C)OC(=O)Nc1cc(N2CC[C@H](NC(=O)OC(C)(C)C)C2)nc2c([N+](=O)[O-])cnn12.